The molecule has 0 aliphatic carbocycles. The molecule has 3 N–H and O–H groups in total. The predicted molar refractivity (Wildman–Crippen MR) is 40.4 cm³/mol. The lowest BCUT2D eigenvalue weighted by Crippen LogP contribution is -2.10. The fourth-order valence-corrected chi connectivity index (χ4v) is 0.250. The molecule has 3 heteroatoms. The van der Waals surface area contributed by atoms with E-state index in [0.29, 0.717) is 19.8 Å². The average molecular weight is 137 g/mol. The second-order valence-electron chi connectivity index (χ2n) is 1.12. The van der Waals surface area contributed by atoms with Gasteiger partial charge in [-0.15, -0.1) is 0 Å². The molecule has 0 rings (SSSR count). The van der Waals surface area contributed by atoms with Gasteiger partial charge in [-0.2, -0.15) is 0 Å². The Morgan fingerprint density at radius 2 is 2.00 bits per heavy atom. The Kier molecular flexibility index (Phi) is 20.3. The molecule has 0 heterocycles. The summed E-state index contributed by atoms with van der Waals surface area (Å²) in [5.74, 6) is 0. The Bertz CT molecular complexity index is 34.9. The third kappa shape index (κ3) is 18.1. The maximum absolute atomic E-state index is 8.13. The summed E-state index contributed by atoms with van der Waals surface area (Å²) in [5, 5.41) is 8.13. The van der Waals surface area contributed by atoms with Crippen LogP contribution in [0.5, 0.6) is 0 Å². The minimum absolute atomic E-state index is 0. The first-order chi connectivity index (χ1) is 4.41. The molecule has 0 aromatic carbocycles. The molecule has 0 fully saturated rings. The first-order valence-corrected chi connectivity index (χ1v) is 3.30. The van der Waals surface area contributed by atoms with Gasteiger partial charge in [-0.1, -0.05) is 13.8 Å². The van der Waals surface area contributed by atoms with Gasteiger partial charge < -0.3 is 15.6 Å². The number of hydrogen-bond acceptors (Lipinski definition) is 3. The van der Waals surface area contributed by atoms with Gasteiger partial charge >= 0.3 is 0 Å². The molecule has 0 bridgehead atoms. The quantitative estimate of drug-likeness (QED) is 0.545. The zero-order valence-electron chi connectivity index (χ0n) is 6.26. The van der Waals surface area contributed by atoms with Gasteiger partial charge in [0.05, 0.1) is 19.8 Å². The number of hydrogen-bond donors (Lipinski definition) is 2. The molecule has 0 aliphatic heterocycles. The van der Waals surface area contributed by atoms with Crippen LogP contribution in [0.25, 0.3) is 0 Å². The van der Waals surface area contributed by atoms with Crippen molar-refractivity contribution in [1.82, 2.24) is 0 Å². The van der Waals surface area contributed by atoms with Crippen molar-refractivity contribution in [2.45, 2.75) is 13.8 Å². The van der Waals surface area contributed by atoms with E-state index >= 15 is 0 Å². The molecule has 0 aromatic rings. The number of aliphatic hydroxyl groups excluding tert-OH is 1. The van der Waals surface area contributed by atoms with E-state index in [2.05, 4.69) is 0 Å². The smallest absolute Gasteiger partial charge is 0.0698 e. The van der Waals surface area contributed by atoms with Gasteiger partial charge in [-0.05, 0) is 0 Å². The first-order valence-electron chi connectivity index (χ1n) is 3.30. The topological polar surface area (TPSA) is 55.5 Å². The minimum Gasteiger partial charge on any atom is -0.394 e. The Balaban J connectivity index is -0.000000149. The van der Waals surface area contributed by atoms with Gasteiger partial charge in [-0.25, -0.2) is 0 Å². The summed E-state index contributed by atoms with van der Waals surface area (Å²) in [6, 6.07) is 0. The monoisotopic (exact) mass is 137 g/mol. The van der Waals surface area contributed by atoms with Crippen molar-refractivity contribution in [2.24, 2.45) is 5.73 Å². The van der Waals surface area contributed by atoms with Crippen LogP contribution in [-0.4, -0.2) is 31.5 Å². The number of ether oxygens (including phenoxy) is 1. The third-order valence-electron chi connectivity index (χ3n) is 0.498. The molecule has 0 unspecified atom stereocenters. The second kappa shape index (κ2) is 15.7. The summed E-state index contributed by atoms with van der Waals surface area (Å²) in [7, 11) is 0. The number of aliphatic hydroxyl groups is 1. The molecule has 3 nitrogen and oxygen atoms in total. The van der Waals surface area contributed by atoms with Gasteiger partial charge in [0, 0.05) is 7.97 Å². The zero-order valence-corrected chi connectivity index (χ0v) is 6.26. The highest BCUT2D eigenvalue weighted by Crippen LogP contribution is 1.66. The summed E-state index contributed by atoms with van der Waals surface area (Å²) in [5.41, 5.74) is 5.06. The molecule has 9 heavy (non-hydrogen) atoms. The van der Waals surface area contributed by atoms with Gasteiger partial charge in [0.15, 0.2) is 0 Å². The molecule has 60 valence electrons. The molecular weight excluding hydrogens is 118 g/mol. The normalized spacial score (nSPS) is 8.00. The van der Waals surface area contributed by atoms with E-state index in [1.807, 2.05) is 13.8 Å². The lowest BCUT2D eigenvalue weighted by atomic mass is 10.7. The van der Waals surface area contributed by atoms with Crippen LogP contribution < -0.4 is 5.73 Å². The summed E-state index contributed by atoms with van der Waals surface area (Å²) >= 11 is 0. The first kappa shape index (κ1) is 11.6. The Labute approximate surface area is 58.3 Å². The molecular formula is C6H19NO2. The average Bonchev–Trinajstić information content (AvgIpc) is 1.94. The van der Waals surface area contributed by atoms with Crippen molar-refractivity contribution < 1.29 is 11.3 Å². The Hall–Kier alpha value is -0.120. The van der Waals surface area contributed by atoms with Gasteiger partial charge in [0.1, 0.15) is 0 Å². The van der Waals surface area contributed by atoms with Gasteiger partial charge in [-0.3, -0.25) is 0 Å². The highest BCUT2D eigenvalue weighted by atomic mass is 16.5. The van der Waals surface area contributed by atoms with Crippen molar-refractivity contribution in [1.29, 1.82) is 0 Å². The van der Waals surface area contributed by atoms with Crippen LogP contribution >= 0.6 is 0 Å². The fraction of sp³-hybridized carbons (Fsp3) is 1.00. The lowest BCUT2D eigenvalue weighted by molar-refractivity contribution is 0.0976. The van der Waals surface area contributed by atoms with E-state index in [-0.39, 0.29) is 8.03 Å². The maximum Gasteiger partial charge on any atom is 0.0698 e. The van der Waals surface area contributed by atoms with Crippen LogP contribution in [-0.2, 0) is 4.74 Å². The van der Waals surface area contributed by atoms with Gasteiger partial charge in [0.2, 0.25) is 0 Å². The molecule has 0 spiro atoms. The highest BCUT2D eigenvalue weighted by molar-refractivity contribution is 4.28. The van der Waals surface area contributed by atoms with E-state index in [4.69, 9.17) is 15.6 Å². The molecule has 0 radical (unpaired) electrons. The van der Waals surface area contributed by atoms with Crippen molar-refractivity contribution in [3.05, 3.63) is 0 Å². The lowest BCUT2D eigenvalue weighted by Gasteiger charge is -1.95. The van der Waals surface area contributed by atoms with E-state index in [0.717, 1.165) is 0 Å². The molecule has 0 aromatic heterocycles. The van der Waals surface area contributed by atoms with Crippen LogP contribution in [0.15, 0.2) is 0 Å². The van der Waals surface area contributed by atoms with Crippen LogP contribution in [0, 0.1) is 0 Å². The molecule has 0 amide bonds. The highest BCUT2D eigenvalue weighted by Gasteiger charge is 1.78. The number of rotatable bonds is 4. The molecule has 0 saturated heterocycles. The molecule has 0 aliphatic rings. The van der Waals surface area contributed by atoms with E-state index < -0.39 is 0 Å². The summed E-state index contributed by atoms with van der Waals surface area (Å²) in [6.45, 7) is 5.55. The maximum atomic E-state index is 8.13. The Morgan fingerprint density at radius 1 is 1.44 bits per heavy atom. The van der Waals surface area contributed by atoms with Crippen LogP contribution in [0.1, 0.15) is 15.3 Å². The second-order valence-corrected chi connectivity index (χ2v) is 1.12. The van der Waals surface area contributed by atoms with Crippen LogP contribution in [0.3, 0.4) is 0 Å². The Morgan fingerprint density at radius 3 is 2.33 bits per heavy atom. The van der Waals surface area contributed by atoms with Crippen LogP contribution in [0.4, 0.5) is 0 Å². The third-order valence-corrected chi connectivity index (χ3v) is 0.498. The van der Waals surface area contributed by atoms with Crippen molar-refractivity contribution in [2.75, 3.05) is 26.4 Å². The summed E-state index contributed by atoms with van der Waals surface area (Å²) in [4.78, 5) is 0. The van der Waals surface area contributed by atoms with Crippen molar-refractivity contribution in [3.63, 3.8) is 0 Å². The summed E-state index contributed by atoms with van der Waals surface area (Å²) < 4.78 is 4.76. The standard InChI is InChI=1S/C4H11NO2.C2H6.H2/c5-1-3-7-4-2-6;1-2;/h6H,1-5H2;1-2H3;1H. The minimum atomic E-state index is 0. The molecule has 0 saturated carbocycles. The fourth-order valence-electron chi connectivity index (χ4n) is 0.250. The largest absolute Gasteiger partial charge is 0.394 e. The van der Waals surface area contributed by atoms with Gasteiger partial charge in [0.25, 0.3) is 0 Å². The van der Waals surface area contributed by atoms with Crippen molar-refractivity contribution in [3.8, 4) is 0 Å². The van der Waals surface area contributed by atoms with E-state index in [1.54, 1.807) is 0 Å². The van der Waals surface area contributed by atoms with Crippen molar-refractivity contribution >= 4 is 0 Å². The van der Waals surface area contributed by atoms with Crippen LogP contribution in [0.2, 0.25) is 0 Å². The zero-order chi connectivity index (χ0) is 7.54. The molecule has 0 atom stereocenters. The predicted octanol–water partition coefficient (Wildman–Crippen LogP) is 0.226. The number of nitrogens with two attached hydrogens (primary N) is 1. The summed E-state index contributed by atoms with van der Waals surface area (Å²) in [6.07, 6.45) is 0. The van der Waals surface area contributed by atoms with E-state index in [1.165, 1.54) is 0 Å². The van der Waals surface area contributed by atoms with E-state index in [9.17, 15) is 0 Å². The SMILES string of the molecule is CC.NCCOCCO.[HH].